The number of aromatic nitrogens is 3. The number of carbonyl (C=O) groups is 3. The highest BCUT2D eigenvalue weighted by molar-refractivity contribution is 6.23. The molecule has 3 amide bonds. The molecule has 0 bridgehead atoms. The molecular weight excluding hydrogens is 617 g/mol. The number of para-hydroxylation sites is 1. The number of aryl methyl sites for hydroxylation is 1. The summed E-state index contributed by atoms with van der Waals surface area (Å²) in [6, 6.07) is 14.2. The van der Waals surface area contributed by atoms with Gasteiger partial charge in [0.25, 0.3) is 12.3 Å². The van der Waals surface area contributed by atoms with Gasteiger partial charge < -0.3 is 25.1 Å². The number of urea groups is 1. The molecule has 2 aromatic heterocycles. The molecule has 7 rings (SSSR count). The topological polar surface area (TPSA) is 136 Å². The molecule has 0 saturated carbocycles. The highest BCUT2D eigenvalue weighted by atomic mass is 19.3. The van der Waals surface area contributed by atoms with Gasteiger partial charge in [0, 0.05) is 17.4 Å². The predicted molar refractivity (Wildman–Crippen MR) is 165 cm³/mol. The van der Waals surface area contributed by atoms with E-state index in [9.17, 15) is 27.6 Å². The van der Waals surface area contributed by atoms with Crippen molar-refractivity contribution in [2.45, 2.75) is 32.2 Å². The summed E-state index contributed by atoms with van der Waals surface area (Å²) in [5.74, 6) is -1.05. The van der Waals surface area contributed by atoms with Crippen molar-refractivity contribution in [3.63, 3.8) is 0 Å². The fraction of sp³-hybridized carbons (Fsp3) is 0.212. The number of fused-ring (bicyclic) bond motifs is 2. The van der Waals surface area contributed by atoms with E-state index in [4.69, 9.17) is 15.2 Å². The van der Waals surface area contributed by atoms with Crippen LogP contribution in [-0.4, -0.2) is 63.0 Å². The first kappa shape index (κ1) is 29.9. The van der Waals surface area contributed by atoms with Gasteiger partial charge in [-0.15, -0.1) is 0 Å². The van der Waals surface area contributed by atoms with Crippen molar-refractivity contribution in [2.24, 2.45) is 0 Å². The Bertz CT molecular complexity index is 2050. The van der Waals surface area contributed by atoms with Gasteiger partial charge in [-0.25, -0.2) is 27.5 Å². The Hall–Kier alpha value is -5.79. The van der Waals surface area contributed by atoms with Crippen LogP contribution >= 0.6 is 0 Å². The molecule has 4 heterocycles. The molecule has 14 heteroatoms. The molecule has 2 aliphatic heterocycles. The summed E-state index contributed by atoms with van der Waals surface area (Å²) in [6.45, 7) is 1.25. The number of nitrogens with two attached hydrogens (primary N) is 1. The number of nitrogen functional groups attached to an aromatic ring is 1. The minimum absolute atomic E-state index is 0.00800. The molecule has 2 aliphatic rings. The van der Waals surface area contributed by atoms with Gasteiger partial charge in [0.1, 0.15) is 30.0 Å². The van der Waals surface area contributed by atoms with E-state index in [1.54, 1.807) is 37.3 Å². The first-order chi connectivity index (χ1) is 22.6. The molecule has 47 heavy (non-hydrogen) atoms. The van der Waals surface area contributed by atoms with Crippen molar-refractivity contribution in [2.75, 3.05) is 23.8 Å². The average Bonchev–Trinajstić information content (AvgIpc) is 3.82. The SMILES string of the molecule is Cc1cc(Oc2ccccc2F)ccc1-n1ncc(C(=O)c2cc3cc(OCC(F)F)c(N4C(=O)C5CCCN5C4=O)cc3[nH]2)c1N. The van der Waals surface area contributed by atoms with E-state index in [1.807, 2.05) is 0 Å². The quantitative estimate of drug-likeness (QED) is 0.149. The van der Waals surface area contributed by atoms with Crippen LogP contribution in [0.4, 0.5) is 29.5 Å². The van der Waals surface area contributed by atoms with Crippen molar-refractivity contribution in [3.8, 4) is 22.9 Å². The van der Waals surface area contributed by atoms with Gasteiger partial charge in [0.15, 0.2) is 11.6 Å². The van der Waals surface area contributed by atoms with Crippen LogP contribution in [-0.2, 0) is 4.79 Å². The number of hydrogen-bond donors (Lipinski definition) is 2. The summed E-state index contributed by atoms with van der Waals surface area (Å²) in [4.78, 5) is 45.4. The number of nitrogens with zero attached hydrogens (tertiary/aromatic N) is 4. The number of ether oxygens (including phenoxy) is 2. The lowest BCUT2D eigenvalue weighted by atomic mass is 10.1. The second-order valence-corrected chi connectivity index (χ2v) is 11.3. The average molecular weight is 645 g/mol. The predicted octanol–water partition coefficient (Wildman–Crippen LogP) is 5.98. The molecule has 2 fully saturated rings. The van der Waals surface area contributed by atoms with Crippen LogP contribution in [0.2, 0.25) is 0 Å². The molecule has 11 nitrogen and oxygen atoms in total. The number of nitrogens with one attached hydrogen (secondary N) is 1. The zero-order valence-corrected chi connectivity index (χ0v) is 24.9. The number of amides is 3. The Kier molecular flexibility index (Phi) is 7.34. The molecule has 0 radical (unpaired) electrons. The number of aromatic amines is 1. The summed E-state index contributed by atoms with van der Waals surface area (Å²) >= 11 is 0. The van der Waals surface area contributed by atoms with Gasteiger partial charge >= 0.3 is 6.03 Å². The number of rotatable bonds is 9. The molecule has 0 spiro atoms. The summed E-state index contributed by atoms with van der Waals surface area (Å²) in [6.07, 6.45) is -0.268. The second kappa shape index (κ2) is 11.5. The van der Waals surface area contributed by atoms with Crippen LogP contribution in [0.15, 0.2) is 66.9 Å². The smallest absolute Gasteiger partial charge is 0.332 e. The van der Waals surface area contributed by atoms with Crippen LogP contribution in [0.3, 0.4) is 0 Å². The van der Waals surface area contributed by atoms with Gasteiger partial charge in [-0.1, -0.05) is 12.1 Å². The van der Waals surface area contributed by atoms with Crippen molar-refractivity contribution >= 4 is 40.1 Å². The van der Waals surface area contributed by atoms with Crippen molar-refractivity contribution in [3.05, 3.63) is 89.5 Å². The minimum Gasteiger partial charge on any atom is -0.485 e. The fourth-order valence-corrected chi connectivity index (χ4v) is 6.01. The number of benzene rings is 3. The monoisotopic (exact) mass is 644 g/mol. The number of carbonyl (C=O) groups excluding carboxylic acids is 3. The summed E-state index contributed by atoms with van der Waals surface area (Å²) in [5, 5.41) is 4.74. The lowest BCUT2D eigenvalue weighted by Crippen LogP contribution is -2.33. The normalized spacial score (nSPS) is 16.1. The van der Waals surface area contributed by atoms with E-state index in [0.717, 1.165) is 4.90 Å². The summed E-state index contributed by atoms with van der Waals surface area (Å²) in [5.41, 5.74) is 8.22. The largest absolute Gasteiger partial charge is 0.485 e. The van der Waals surface area contributed by atoms with Crippen LogP contribution in [0, 0.1) is 12.7 Å². The Morgan fingerprint density at radius 3 is 2.64 bits per heavy atom. The van der Waals surface area contributed by atoms with Crippen LogP contribution in [0.1, 0.15) is 34.5 Å². The Labute approximate surface area is 265 Å². The number of alkyl halides is 2. The van der Waals surface area contributed by atoms with Crippen molar-refractivity contribution in [1.82, 2.24) is 19.7 Å². The standard InChI is InChI=1S/C33H27F3N6O5/c1-17-11-19(47-27-7-3-2-5-21(27)34)8-9-24(17)42-31(37)20(15-38-42)30(43)23-12-18-13-28(46-16-29(35)36)26(14-22(18)39-23)41-32(44)25-6-4-10-40(25)33(41)45/h2-3,5,7-9,11-15,25,29,39H,4,6,10,16,37H2,1H3. The Balaban J connectivity index is 1.19. The Morgan fingerprint density at radius 1 is 1.09 bits per heavy atom. The minimum atomic E-state index is -2.80. The van der Waals surface area contributed by atoms with Gasteiger partial charge in [0.05, 0.1) is 28.8 Å². The van der Waals surface area contributed by atoms with Crippen molar-refractivity contribution in [1.29, 1.82) is 0 Å². The highest BCUT2D eigenvalue weighted by Gasteiger charge is 2.49. The lowest BCUT2D eigenvalue weighted by Gasteiger charge is -2.19. The number of ketones is 1. The maximum Gasteiger partial charge on any atom is 0.332 e. The first-order valence-corrected chi connectivity index (χ1v) is 14.7. The van der Waals surface area contributed by atoms with E-state index in [-0.39, 0.29) is 34.3 Å². The van der Waals surface area contributed by atoms with E-state index in [2.05, 4.69) is 10.1 Å². The third-order valence-corrected chi connectivity index (χ3v) is 8.26. The number of hydrogen-bond acceptors (Lipinski definition) is 7. The van der Waals surface area contributed by atoms with Gasteiger partial charge in [-0.2, -0.15) is 5.10 Å². The number of H-pyrrole nitrogens is 1. The first-order valence-electron chi connectivity index (χ1n) is 14.7. The van der Waals surface area contributed by atoms with E-state index < -0.39 is 42.6 Å². The Morgan fingerprint density at radius 2 is 1.89 bits per heavy atom. The molecule has 2 saturated heterocycles. The zero-order chi connectivity index (χ0) is 33.0. The summed E-state index contributed by atoms with van der Waals surface area (Å²) < 4.78 is 52.7. The van der Waals surface area contributed by atoms with E-state index in [0.29, 0.717) is 47.3 Å². The molecule has 3 N–H and O–H groups in total. The fourth-order valence-electron chi connectivity index (χ4n) is 6.01. The van der Waals surface area contributed by atoms with Crippen molar-refractivity contribution < 1.29 is 37.0 Å². The van der Waals surface area contributed by atoms with Gasteiger partial charge in [-0.05, 0) is 73.9 Å². The molecule has 240 valence electrons. The number of imide groups is 1. The molecule has 3 aromatic carbocycles. The van der Waals surface area contributed by atoms with Crippen LogP contribution in [0.25, 0.3) is 16.6 Å². The van der Waals surface area contributed by atoms with Crippen LogP contribution in [0.5, 0.6) is 17.2 Å². The van der Waals surface area contributed by atoms with E-state index in [1.165, 1.54) is 46.1 Å². The number of halogens is 3. The molecular formula is C33H27F3N6O5. The molecule has 5 aromatic rings. The van der Waals surface area contributed by atoms with E-state index >= 15 is 0 Å². The summed E-state index contributed by atoms with van der Waals surface area (Å²) in [7, 11) is 0. The number of anilines is 2. The van der Waals surface area contributed by atoms with Crippen LogP contribution < -0.4 is 20.1 Å². The maximum atomic E-state index is 14.1. The zero-order valence-electron chi connectivity index (χ0n) is 24.9. The third-order valence-electron chi connectivity index (χ3n) is 8.26. The third kappa shape index (κ3) is 5.20. The maximum absolute atomic E-state index is 14.1. The highest BCUT2D eigenvalue weighted by Crippen LogP contribution is 2.40. The lowest BCUT2D eigenvalue weighted by molar-refractivity contribution is -0.119. The second-order valence-electron chi connectivity index (χ2n) is 11.3. The molecule has 0 aliphatic carbocycles. The molecule has 1 atom stereocenters. The van der Waals surface area contributed by atoms with Gasteiger partial charge in [0.2, 0.25) is 5.78 Å². The van der Waals surface area contributed by atoms with Gasteiger partial charge in [-0.3, -0.25) is 9.59 Å². The molecule has 1 unspecified atom stereocenters.